The van der Waals surface area contributed by atoms with Gasteiger partial charge in [-0.1, -0.05) is 0 Å². The van der Waals surface area contributed by atoms with Crippen molar-refractivity contribution in [2.45, 2.75) is 0 Å². The first-order valence-electron chi connectivity index (χ1n) is 6.30. The highest BCUT2D eigenvalue weighted by atomic mass is 19.1. The lowest BCUT2D eigenvalue weighted by molar-refractivity contribution is 0.415. The van der Waals surface area contributed by atoms with Crippen molar-refractivity contribution in [3.63, 3.8) is 0 Å². The maximum atomic E-state index is 13.5. The van der Waals surface area contributed by atoms with Gasteiger partial charge in [0.25, 0.3) is 0 Å². The molecule has 0 saturated carbocycles. The van der Waals surface area contributed by atoms with E-state index in [1.165, 1.54) is 25.3 Å². The molecule has 5 heteroatoms. The van der Waals surface area contributed by atoms with Gasteiger partial charge < -0.3 is 13.6 Å². The fraction of sp³-hybridized carbons (Fsp3) is 0.0625. The van der Waals surface area contributed by atoms with Crippen molar-refractivity contribution in [2.75, 3.05) is 7.11 Å². The van der Waals surface area contributed by atoms with Crippen molar-refractivity contribution in [1.82, 2.24) is 0 Å². The van der Waals surface area contributed by atoms with Crippen LogP contribution in [0.3, 0.4) is 0 Å². The smallest absolute Gasteiger partial charge is 0.348 e. The van der Waals surface area contributed by atoms with E-state index in [1.54, 1.807) is 18.2 Å². The van der Waals surface area contributed by atoms with E-state index in [-0.39, 0.29) is 0 Å². The van der Waals surface area contributed by atoms with Crippen LogP contribution < -0.4 is 10.4 Å². The first-order valence-corrected chi connectivity index (χ1v) is 6.30. The molecule has 2 heterocycles. The maximum absolute atomic E-state index is 13.5. The average Bonchev–Trinajstić information content (AvgIpc) is 2.87. The van der Waals surface area contributed by atoms with Crippen LogP contribution >= 0.6 is 0 Å². The minimum atomic E-state index is -0.517. The molecular weight excluding hydrogens is 275 g/mol. The number of benzene rings is 2. The summed E-state index contributed by atoms with van der Waals surface area (Å²) in [6.07, 6.45) is 0. The fourth-order valence-corrected chi connectivity index (χ4v) is 2.52. The van der Waals surface area contributed by atoms with Crippen LogP contribution in [0.5, 0.6) is 5.75 Å². The van der Waals surface area contributed by atoms with E-state index in [9.17, 15) is 9.18 Å². The Bertz CT molecular complexity index is 1060. The normalized spacial score (nSPS) is 11.5. The van der Waals surface area contributed by atoms with Crippen molar-refractivity contribution in [3.8, 4) is 5.75 Å². The van der Waals surface area contributed by atoms with Gasteiger partial charge in [-0.15, -0.1) is 0 Å². The molecule has 21 heavy (non-hydrogen) atoms. The van der Waals surface area contributed by atoms with E-state index in [0.29, 0.717) is 38.7 Å². The predicted molar refractivity (Wildman–Crippen MR) is 76.3 cm³/mol. The Morgan fingerprint density at radius 1 is 1.00 bits per heavy atom. The standard InChI is InChI=1S/C16H9FO4/c1-19-9-3-5-12-10(7-9)14-15(20-12)11-6-8(17)2-4-13(11)21-16(14)18/h2-7H,1H3. The summed E-state index contributed by atoms with van der Waals surface area (Å²) < 4.78 is 29.6. The number of methoxy groups -OCH3 is 1. The lowest BCUT2D eigenvalue weighted by Gasteiger charge is -1.98. The summed E-state index contributed by atoms with van der Waals surface area (Å²) in [6.45, 7) is 0. The molecule has 0 aliphatic heterocycles. The minimum absolute atomic E-state index is 0.292. The summed E-state index contributed by atoms with van der Waals surface area (Å²) in [5.74, 6) is 0.180. The summed E-state index contributed by atoms with van der Waals surface area (Å²) in [5, 5.41) is 1.31. The molecule has 0 aliphatic rings. The lowest BCUT2D eigenvalue weighted by atomic mass is 10.1. The van der Waals surface area contributed by atoms with Gasteiger partial charge in [0.2, 0.25) is 0 Å². The third-order valence-corrected chi connectivity index (χ3v) is 3.49. The lowest BCUT2D eigenvalue weighted by Crippen LogP contribution is -1.98. The van der Waals surface area contributed by atoms with Gasteiger partial charge in [-0.05, 0) is 36.4 Å². The maximum Gasteiger partial charge on any atom is 0.348 e. The van der Waals surface area contributed by atoms with Gasteiger partial charge in [0.05, 0.1) is 12.5 Å². The Hall–Kier alpha value is -2.82. The second kappa shape index (κ2) is 4.09. The van der Waals surface area contributed by atoms with E-state index in [0.717, 1.165) is 0 Å². The van der Waals surface area contributed by atoms with E-state index in [4.69, 9.17) is 13.6 Å². The molecule has 0 unspecified atom stereocenters. The molecule has 0 N–H and O–H groups in total. The van der Waals surface area contributed by atoms with E-state index in [1.807, 2.05) is 0 Å². The molecular formula is C16H9FO4. The average molecular weight is 284 g/mol. The molecule has 0 amide bonds. The molecule has 4 nitrogen and oxygen atoms in total. The first kappa shape index (κ1) is 12.0. The Labute approximate surface area is 117 Å². The summed E-state index contributed by atoms with van der Waals surface area (Å²) in [5.41, 5.74) is 0.620. The SMILES string of the molecule is COc1ccc2oc3c4cc(F)ccc4oc(=O)c3c2c1. The van der Waals surface area contributed by atoms with E-state index >= 15 is 0 Å². The molecule has 0 bridgehead atoms. The Morgan fingerprint density at radius 3 is 2.57 bits per heavy atom. The van der Waals surface area contributed by atoms with Crippen LogP contribution in [0.2, 0.25) is 0 Å². The number of hydrogen-bond acceptors (Lipinski definition) is 4. The van der Waals surface area contributed by atoms with Crippen LogP contribution in [0, 0.1) is 5.82 Å². The second-order valence-corrected chi connectivity index (χ2v) is 4.70. The number of rotatable bonds is 1. The van der Waals surface area contributed by atoms with Gasteiger partial charge in [-0.25, -0.2) is 9.18 Å². The van der Waals surface area contributed by atoms with Crippen molar-refractivity contribution >= 4 is 32.9 Å². The third-order valence-electron chi connectivity index (χ3n) is 3.49. The zero-order valence-electron chi connectivity index (χ0n) is 11.0. The van der Waals surface area contributed by atoms with Gasteiger partial charge in [-0.2, -0.15) is 0 Å². The molecule has 0 fully saturated rings. The third kappa shape index (κ3) is 1.64. The highest BCUT2D eigenvalue weighted by Crippen LogP contribution is 2.33. The van der Waals surface area contributed by atoms with Crippen LogP contribution in [-0.2, 0) is 0 Å². The fourth-order valence-electron chi connectivity index (χ4n) is 2.52. The van der Waals surface area contributed by atoms with Gasteiger partial charge >= 0.3 is 5.63 Å². The predicted octanol–water partition coefficient (Wildman–Crippen LogP) is 3.84. The van der Waals surface area contributed by atoms with Gasteiger partial charge in [-0.3, -0.25) is 0 Å². The highest BCUT2D eigenvalue weighted by molar-refractivity contribution is 6.13. The quantitative estimate of drug-likeness (QED) is 0.498. The molecule has 104 valence electrons. The topological polar surface area (TPSA) is 52.6 Å². The Morgan fingerprint density at radius 2 is 1.76 bits per heavy atom. The molecule has 0 saturated heterocycles. The van der Waals surface area contributed by atoms with Crippen LogP contribution in [0.25, 0.3) is 32.9 Å². The summed E-state index contributed by atoms with van der Waals surface area (Å²) >= 11 is 0. The van der Waals surface area contributed by atoms with Gasteiger partial charge in [0.15, 0.2) is 5.58 Å². The monoisotopic (exact) mass is 284 g/mol. The minimum Gasteiger partial charge on any atom is -0.497 e. The molecule has 2 aromatic heterocycles. The van der Waals surface area contributed by atoms with Gasteiger partial charge in [0.1, 0.15) is 28.1 Å². The number of furan rings is 1. The zero-order chi connectivity index (χ0) is 14.6. The van der Waals surface area contributed by atoms with Crippen molar-refractivity contribution in [2.24, 2.45) is 0 Å². The van der Waals surface area contributed by atoms with Crippen LogP contribution in [0.15, 0.2) is 50.0 Å². The molecule has 0 aliphatic carbocycles. The Balaban J connectivity index is 2.28. The molecule has 0 radical (unpaired) electrons. The van der Waals surface area contributed by atoms with Crippen molar-refractivity contribution < 1.29 is 18.0 Å². The van der Waals surface area contributed by atoms with Gasteiger partial charge in [0, 0.05) is 5.39 Å². The zero-order valence-corrected chi connectivity index (χ0v) is 11.0. The van der Waals surface area contributed by atoms with Crippen molar-refractivity contribution in [3.05, 3.63) is 52.6 Å². The number of halogens is 1. The first-order chi connectivity index (χ1) is 10.2. The number of ether oxygens (including phenoxy) is 1. The van der Waals surface area contributed by atoms with Crippen LogP contribution in [0.1, 0.15) is 0 Å². The molecule has 4 rings (SSSR count). The van der Waals surface area contributed by atoms with Crippen LogP contribution in [-0.4, -0.2) is 7.11 Å². The molecule has 4 aromatic rings. The Kier molecular flexibility index (Phi) is 2.33. The number of fused-ring (bicyclic) bond motifs is 5. The summed E-state index contributed by atoms with van der Waals surface area (Å²) in [6, 6.07) is 9.08. The summed E-state index contributed by atoms with van der Waals surface area (Å²) in [7, 11) is 1.54. The summed E-state index contributed by atoms with van der Waals surface area (Å²) in [4.78, 5) is 12.2. The van der Waals surface area contributed by atoms with E-state index in [2.05, 4.69) is 0 Å². The van der Waals surface area contributed by atoms with Crippen molar-refractivity contribution in [1.29, 1.82) is 0 Å². The van der Waals surface area contributed by atoms with E-state index < -0.39 is 11.4 Å². The molecule has 0 spiro atoms. The van der Waals surface area contributed by atoms with Crippen LogP contribution in [0.4, 0.5) is 4.39 Å². The number of hydrogen-bond donors (Lipinski definition) is 0. The molecule has 0 atom stereocenters. The highest BCUT2D eigenvalue weighted by Gasteiger charge is 2.16. The largest absolute Gasteiger partial charge is 0.497 e. The molecule has 2 aromatic carbocycles. The second-order valence-electron chi connectivity index (χ2n) is 4.70.